The smallest absolute Gasteiger partial charge is 0.0599 e. The Balaban J connectivity index is 1.69. The molecule has 2 rings (SSSR count). The molecule has 3 heteroatoms. The molecule has 0 amide bonds. The van der Waals surface area contributed by atoms with Gasteiger partial charge in [0.2, 0.25) is 0 Å². The number of piperidine rings is 1. The van der Waals surface area contributed by atoms with Gasteiger partial charge in [0.1, 0.15) is 0 Å². The first-order valence-corrected chi connectivity index (χ1v) is 5.46. The van der Waals surface area contributed by atoms with E-state index in [1.165, 1.54) is 39.0 Å². The molecule has 0 bridgehead atoms. The molecule has 0 aromatic rings. The van der Waals surface area contributed by atoms with Gasteiger partial charge in [0, 0.05) is 38.8 Å². The highest BCUT2D eigenvalue weighted by atomic mass is 16.5. The van der Waals surface area contributed by atoms with Gasteiger partial charge in [0.15, 0.2) is 0 Å². The van der Waals surface area contributed by atoms with E-state index in [0.29, 0.717) is 6.10 Å². The van der Waals surface area contributed by atoms with Crippen LogP contribution in [0.5, 0.6) is 0 Å². The Bertz CT molecular complexity index is 151. The number of nitrogens with zero attached hydrogens (tertiary/aromatic N) is 1. The lowest BCUT2D eigenvalue weighted by Gasteiger charge is -2.42. The third-order valence-electron chi connectivity index (χ3n) is 3.16. The monoisotopic (exact) mass is 184 g/mol. The average molecular weight is 184 g/mol. The highest BCUT2D eigenvalue weighted by Gasteiger charge is 2.28. The molecule has 13 heavy (non-hydrogen) atoms. The summed E-state index contributed by atoms with van der Waals surface area (Å²) in [7, 11) is 0. The first kappa shape index (κ1) is 9.44. The molecule has 2 heterocycles. The van der Waals surface area contributed by atoms with Crippen molar-refractivity contribution in [2.45, 2.75) is 31.9 Å². The van der Waals surface area contributed by atoms with E-state index in [1.807, 2.05) is 0 Å². The Kier molecular flexibility index (Phi) is 3.19. The molecule has 2 saturated heterocycles. The lowest BCUT2D eigenvalue weighted by atomic mass is 10.0. The van der Waals surface area contributed by atoms with Gasteiger partial charge in [0.25, 0.3) is 0 Å². The largest absolute Gasteiger partial charge is 0.378 e. The second-order valence-electron chi connectivity index (χ2n) is 4.00. The van der Waals surface area contributed by atoms with Gasteiger partial charge in [-0.1, -0.05) is 0 Å². The number of hydrogen-bond acceptors (Lipinski definition) is 3. The molecule has 2 aliphatic heterocycles. The molecule has 1 N–H and O–H groups in total. The standard InChI is InChI=1S/C10H20N2O/c1-2-13-10-3-5-12(6-4-10)9-7-11-8-9/h9-11H,2-8H2,1H3. The maximum atomic E-state index is 5.62. The van der Waals surface area contributed by atoms with Gasteiger partial charge in [0.05, 0.1) is 6.10 Å². The zero-order valence-electron chi connectivity index (χ0n) is 8.46. The molecule has 0 spiro atoms. The van der Waals surface area contributed by atoms with Crippen LogP contribution in [0, 0.1) is 0 Å². The number of ether oxygens (including phenoxy) is 1. The van der Waals surface area contributed by atoms with Crippen LogP contribution in [0.4, 0.5) is 0 Å². The molecular formula is C10H20N2O. The van der Waals surface area contributed by atoms with Crippen molar-refractivity contribution in [3.63, 3.8) is 0 Å². The van der Waals surface area contributed by atoms with Crippen molar-refractivity contribution in [1.29, 1.82) is 0 Å². The molecule has 0 aliphatic carbocycles. The van der Waals surface area contributed by atoms with Crippen LogP contribution in [0.15, 0.2) is 0 Å². The van der Waals surface area contributed by atoms with E-state index < -0.39 is 0 Å². The predicted octanol–water partition coefficient (Wildman–Crippen LogP) is 0.459. The van der Waals surface area contributed by atoms with Crippen molar-refractivity contribution in [2.24, 2.45) is 0 Å². The Hall–Kier alpha value is -0.120. The minimum absolute atomic E-state index is 0.536. The zero-order valence-corrected chi connectivity index (χ0v) is 8.46. The van der Waals surface area contributed by atoms with Gasteiger partial charge in [-0.3, -0.25) is 4.90 Å². The molecule has 0 radical (unpaired) electrons. The molecule has 2 fully saturated rings. The van der Waals surface area contributed by atoms with Crippen molar-refractivity contribution in [3.05, 3.63) is 0 Å². The fourth-order valence-electron chi connectivity index (χ4n) is 2.17. The van der Waals surface area contributed by atoms with Crippen molar-refractivity contribution < 1.29 is 4.74 Å². The average Bonchev–Trinajstić information content (AvgIpc) is 2.06. The second kappa shape index (κ2) is 4.40. The normalized spacial score (nSPS) is 27.5. The second-order valence-corrected chi connectivity index (χ2v) is 4.00. The number of hydrogen-bond donors (Lipinski definition) is 1. The minimum Gasteiger partial charge on any atom is -0.378 e. The number of rotatable bonds is 3. The fourth-order valence-corrected chi connectivity index (χ4v) is 2.17. The van der Waals surface area contributed by atoms with Gasteiger partial charge >= 0.3 is 0 Å². The van der Waals surface area contributed by atoms with Gasteiger partial charge < -0.3 is 10.1 Å². The van der Waals surface area contributed by atoms with E-state index in [2.05, 4.69) is 17.1 Å². The minimum atomic E-state index is 0.536. The van der Waals surface area contributed by atoms with E-state index in [4.69, 9.17) is 4.74 Å². The summed E-state index contributed by atoms with van der Waals surface area (Å²) in [5, 5.41) is 3.32. The van der Waals surface area contributed by atoms with E-state index in [1.54, 1.807) is 0 Å². The number of likely N-dealkylation sites (tertiary alicyclic amines) is 1. The quantitative estimate of drug-likeness (QED) is 0.689. The van der Waals surface area contributed by atoms with Crippen LogP contribution in [0.25, 0.3) is 0 Å². The number of nitrogens with one attached hydrogen (secondary N) is 1. The summed E-state index contributed by atoms with van der Waals surface area (Å²) in [6, 6.07) is 0.822. The lowest BCUT2D eigenvalue weighted by molar-refractivity contribution is -0.00236. The SMILES string of the molecule is CCOC1CCN(C2CNC2)CC1. The van der Waals surface area contributed by atoms with Crippen molar-refractivity contribution in [3.8, 4) is 0 Å². The van der Waals surface area contributed by atoms with Crippen LogP contribution < -0.4 is 5.32 Å². The Morgan fingerprint density at radius 1 is 1.31 bits per heavy atom. The topological polar surface area (TPSA) is 24.5 Å². The molecule has 2 aliphatic rings. The van der Waals surface area contributed by atoms with Crippen LogP contribution in [0.1, 0.15) is 19.8 Å². The van der Waals surface area contributed by atoms with Crippen molar-refractivity contribution in [2.75, 3.05) is 32.8 Å². The molecule has 0 aromatic carbocycles. The van der Waals surface area contributed by atoms with E-state index >= 15 is 0 Å². The van der Waals surface area contributed by atoms with Crippen LogP contribution in [0.2, 0.25) is 0 Å². The lowest BCUT2D eigenvalue weighted by Crippen LogP contribution is -2.59. The molecule has 76 valence electrons. The van der Waals surface area contributed by atoms with Crippen molar-refractivity contribution >= 4 is 0 Å². The fraction of sp³-hybridized carbons (Fsp3) is 1.00. The van der Waals surface area contributed by atoms with Crippen molar-refractivity contribution in [1.82, 2.24) is 10.2 Å². The maximum absolute atomic E-state index is 5.62. The first-order valence-electron chi connectivity index (χ1n) is 5.46. The third-order valence-corrected chi connectivity index (χ3v) is 3.16. The van der Waals surface area contributed by atoms with Gasteiger partial charge in [-0.2, -0.15) is 0 Å². The highest BCUT2D eigenvalue weighted by molar-refractivity contribution is 4.87. The summed E-state index contributed by atoms with van der Waals surface area (Å²) in [6.45, 7) is 7.81. The third kappa shape index (κ3) is 2.22. The Labute approximate surface area is 80.4 Å². The highest BCUT2D eigenvalue weighted by Crippen LogP contribution is 2.17. The summed E-state index contributed by atoms with van der Waals surface area (Å²) in [4.78, 5) is 2.60. The van der Waals surface area contributed by atoms with Gasteiger partial charge in [-0.05, 0) is 19.8 Å². The molecule has 0 unspecified atom stereocenters. The maximum Gasteiger partial charge on any atom is 0.0599 e. The van der Waals surface area contributed by atoms with Gasteiger partial charge in [-0.25, -0.2) is 0 Å². The molecule has 0 aromatic heterocycles. The predicted molar refractivity (Wildman–Crippen MR) is 52.9 cm³/mol. The zero-order chi connectivity index (χ0) is 9.10. The van der Waals surface area contributed by atoms with E-state index in [-0.39, 0.29) is 0 Å². The summed E-state index contributed by atoms with van der Waals surface area (Å²) >= 11 is 0. The molecule has 0 atom stereocenters. The van der Waals surface area contributed by atoms with Crippen LogP contribution >= 0.6 is 0 Å². The molecule has 0 saturated carbocycles. The Morgan fingerprint density at radius 2 is 2.00 bits per heavy atom. The van der Waals surface area contributed by atoms with Crippen LogP contribution in [0.3, 0.4) is 0 Å². The summed E-state index contributed by atoms with van der Waals surface area (Å²) in [5.41, 5.74) is 0. The summed E-state index contributed by atoms with van der Waals surface area (Å²) in [5.74, 6) is 0. The van der Waals surface area contributed by atoms with Crippen LogP contribution in [-0.4, -0.2) is 49.8 Å². The molecular weight excluding hydrogens is 164 g/mol. The van der Waals surface area contributed by atoms with E-state index in [0.717, 1.165) is 12.6 Å². The summed E-state index contributed by atoms with van der Waals surface area (Å²) < 4.78 is 5.62. The summed E-state index contributed by atoms with van der Waals surface area (Å²) in [6.07, 6.45) is 2.99. The van der Waals surface area contributed by atoms with Gasteiger partial charge in [-0.15, -0.1) is 0 Å². The molecule has 3 nitrogen and oxygen atoms in total. The van der Waals surface area contributed by atoms with E-state index in [9.17, 15) is 0 Å². The van der Waals surface area contributed by atoms with Crippen LogP contribution in [-0.2, 0) is 4.74 Å². The first-order chi connectivity index (χ1) is 6.40. The Morgan fingerprint density at radius 3 is 2.46 bits per heavy atom.